The van der Waals surface area contributed by atoms with E-state index in [2.05, 4.69) is 34.7 Å². The third kappa shape index (κ3) is 2.20. The maximum absolute atomic E-state index is 12.0. The van der Waals surface area contributed by atoms with Crippen LogP contribution < -0.4 is 15.5 Å². The highest BCUT2D eigenvalue weighted by Gasteiger charge is 2.23. The summed E-state index contributed by atoms with van der Waals surface area (Å²) in [4.78, 5) is 14.2. The Morgan fingerprint density at radius 3 is 3.22 bits per heavy atom. The van der Waals surface area contributed by atoms with Crippen LogP contribution in [0.25, 0.3) is 0 Å². The van der Waals surface area contributed by atoms with Crippen LogP contribution in [0.2, 0.25) is 0 Å². The Labute approximate surface area is 111 Å². The number of hydrogen-bond donors (Lipinski definition) is 2. The van der Waals surface area contributed by atoms with Crippen LogP contribution in [0, 0.1) is 0 Å². The minimum atomic E-state index is -0.0546. The SMILES string of the molecule is CN1CCc2ccc(NC(=O)C3CSCN3)cc21. The zero-order chi connectivity index (χ0) is 12.5. The molecule has 18 heavy (non-hydrogen) atoms. The molecule has 1 aromatic rings. The molecule has 1 fully saturated rings. The Bertz CT molecular complexity index is 471. The summed E-state index contributed by atoms with van der Waals surface area (Å²) in [7, 11) is 2.09. The molecule has 1 unspecified atom stereocenters. The Kier molecular flexibility index (Phi) is 3.18. The Morgan fingerprint density at radius 1 is 1.56 bits per heavy atom. The maximum atomic E-state index is 12.0. The van der Waals surface area contributed by atoms with E-state index < -0.39 is 0 Å². The molecule has 2 aliphatic rings. The Hall–Kier alpha value is -1.20. The zero-order valence-electron chi connectivity index (χ0n) is 10.4. The van der Waals surface area contributed by atoms with Crippen molar-refractivity contribution in [3.63, 3.8) is 0 Å². The number of carbonyl (C=O) groups excluding carboxylic acids is 1. The van der Waals surface area contributed by atoms with Crippen LogP contribution in [-0.4, -0.2) is 37.2 Å². The Balaban J connectivity index is 1.73. The average Bonchev–Trinajstić information content (AvgIpc) is 3.00. The van der Waals surface area contributed by atoms with Crippen molar-refractivity contribution in [1.29, 1.82) is 0 Å². The number of anilines is 2. The molecule has 1 amide bonds. The van der Waals surface area contributed by atoms with Crippen LogP contribution in [0.15, 0.2) is 18.2 Å². The lowest BCUT2D eigenvalue weighted by Crippen LogP contribution is -2.37. The van der Waals surface area contributed by atoms with Gasteiger partial charge in [-0.05, 0) is 24.1 Å². The molecule has 3 rings (SSSR count). The van der Waals surface area contributed by atoms with Crippen molar-refractivity contribution in [2.75, 3.05) is 35.4 Å². The lowest BCUT2D eigenvalue weighted by atomic mass is 10.1. The molecule has 0 spiro atoms. The van der Waals surface area contributed by atoms with Gasteiger partial charge in [0.1, 0.15) is 0 Å². The highest BCUT2D eigenvalue weighted by atomic mass is 32.2. The number of thioether (sulfide) groups is 1. The largest absolute Gasteiger partial charge is 0.374 e. The van der Waals surface area contributed by atoms with Crippen LogP contribution in [0.3, 0.4) is 0 Å². The number of hydrogen-bond acceptors (Lipinski definition) is 4. The second-order valence-corrected chi connectivity index (χ2v) is 5.81. The molecule has 1 atom stereocenters. The summed E-state index contributed by atoms with van der Waals surface area (Å²) in [5, 5.41) is 6.17. The molecule has 0 radical (unpaired) electrons. The van der Waals surface area contributed by atoms with Gasteiger partial charge in [0.2, 0.25) is 5.91 Å². The summed E-state index contributed by atoms with van der Waals surface area (Å²) in [6.45, 7) is 1.06. The van der Waals surface area contributed by atoms with E-state index in [0.29, 0.717) is 0 Å². The summed E-state index contributed by atoms with van der Waals surface area (Å²) < 4.78 is 0. The molecule has 4 nitrogen and oxygen atoms in total. The molecular weight excluding hydrogens is 246 g/mol. The van der Waals surface area contributed by atoms with E-state index in [1.165, 1.54) is 11.3 Å². The molecule has 2 heterocycles. The molecule has 1 aromatic carbocycles. The van der Waals surface area contributed by atoms with Crippen molar-refractivity contribution in [3.8, 4) is 0 Å². The van der Waals surface area contributed by atoms with Crippen LogP contribution in [0.1, 0.15) is 5.56 Å². The monoisotopic (exact) mass is 263 g/mol. The molecule has 1 saturated heterocycles. The van der Waals surface area contributed by atoms with E-state index in [9.17, 15) is 4.79 Å². The van der Waals surface area contributed by atoms with Crippen LogP contribution in [-0.2, 0) is 11.2 Å². The number of carbonyl (C=O) groups is 1. The number of fused-ring (bicyclic) bond motifs is 1. The lowest BCUT2D eigenvalue weighted by Gasteiger charge is -2.15. The zero-order valence-corrected chi connectivity index (χ0v) is 11.2. The predicted molar refractivity (Wildman–Crippen MR) is 76.3 cm³/mol. The number of likely N-dealkylation sites (N-methyl/N-ethyl adjacent to an activating group) is 1. The number of nitrogens with one attached hydrogen (secondary N) is 2. The van der Waals surface area contributed by atoms with Crippen molar-refractivity contribution in [3.05, 3.63) is 23.8 Å². The standard InChI is InChI=1S/C13H17N3OS/c1-16-5-4-9-2-3-10(6-12(9)16)15-13(17)11-7-18-8-14-11/h2-3,6,11,14H,4-5,7-8H2,1H3,(H,15,17). The van der Waals surface area contributed by atoms with Crippen molar-refractivity contribution in [1.82, 2.24) is 5.32 Å². The number of rotatable bonds is 2. The van der Waals surface area contributed by atoms with Crippen molar-refractivity contribution in [2.24, 2.45) is 0 Å². The van der Waals surface area contributed by atoms with Crippen LogP contribution >= 0.6 is 11.8 Å². The number of amides is 1. The molecular formula is C13H17N3OS. The minimum Gasteiger partial charge on any atom is -0.374 e. The molecule has 2 N–H and O–H groups in total. The van der Waals surface area contributed by atoms with Crippen LogP contribution in [0.4, 0.5) is 11.4 Å². The maximum Gasteiger partial charge on any atom is 0.242 e. The number of nitrogens with zero attached hydrogens (tertiary/aromatic N) is 1. The highest BCUT2D eigenvalue weighted by Crippen LogP contribution is 2.29. The fourth-order valence-corrected chi connectivity index (χ4v) is 3.35. The summed E-state index contributed by atoms with van der Waals surface area (Å²) in [6, 6.07) is 6.13. The van der Waals surface area contributed by atoms with Gasteiger partial charge >= 0.3 is 0 Å². The van der Waals surface area contributed by atoms with E-state index in [-0.39, 0.29) is 11.9 Å². The van der Waals surface area contributed by atoms with E-state index in [4.69, 9.17) is 0 Å². The molecule has 0 aromatic heterocycles. The third-order valence-electron chi connectivity index (χ3n) is 3.51. The predicted octanol–water partition coefficient (Wildman–Crippen LogP) is 1.28. The fourth-order valence-electron chi connectivity index (χ4n) is 2.41. The van der Waals surface area contributed by atoms with Gasteiger partial charge in [0.15, 0.2) is 0 Å². The first kappa shape index (κ1) is 11.9. The normalized spacial score (nSPS) is 22.1. The van der Waals surface area contributed by atoms with Gasteiger partial charge in [-0.15, -0.1) is 11.8 Å². The van der Waals surface area contributed by atoms with E-state index in [1.54, 1.807) is 11.8 Å². The van der Waals surface area contributed by atoms with Crippen molar-refractivity contribution in [2.45, 2.75) is 12.5 Å². The van der Waals surface area contributed by atoms with Crippen molar-refractivity contribution < 1.29 is 4.79 Å². The summed E-state index contributed by atoms with van der Waals surface area (Å²) in [5.41, 5.74) is 3.50. The topological polar surface area (TPSA) is 44.4 Å². The van der Waals surface area contributed by atoms with Gasteiger partial charge < -0.3 is 10.2 Å². The second kappa shape index (κ2) is 4.82. The van der Waals surface area contributed by atoms with E-state index >= 15 is 0 Å². The first-order valence-electron chi connectivity index (χ1n) is 6.20. The quantitative estimate of drug-likeness (QED) is 0.843. The molecule has 5 heteroatoms. The molecule has 0 aliphatic carbocycles. The first-order valence-corrected chi connectivity index (χ1v) is 7.35. The van der Waals surface area contributed by atoms with Crippen molar-refractivity contribution >= 4 is 29.0 Å². The lowest BCUT2D eigenvalue weighted by molar-refractivity contribution is -0.117. The highest BCUT2D eigenvalue weighted by molar-refractivity contribution is 7.99. The van der Waals surface area contributed by atoms with Gasteiger partial charge in [-0.25, -0.2) is 0 Å². The summed E-state index contributed by atoms with van der Waals surface area (Å²) in [6.07, 6.45) is 1.10. The van der Waals surface area contributed by atoms with E-state index in [0.717, 1.165) is 30.3 Å². The van der Waals surface area contributed by atoms with Crippen LogP contribution in [0.5, 0.6) is 0 Å². The van der Waals surface area contributed by atoms with Gasteiger partial charge in [-0.3, -0.25) is 10.1 Å². The molecule has 2 aliphatic heterocycles. The van der Waals surface area contributed by atoms with Gasteiger partial charge in [0.25, 0.3) is 0 Å². The van der Waals surface area contributed by atoms with Gasteiger partial charge in [0.05, 0.1) is 6.04 Å². The summed E-state index contributed by atoms with van der Waals surface area (Å²) >= 11 is 1.76. The minimum absolute atomic E-state index is 0.0546. The van der Waals surface area contributed by atoms with Gasteiger partial charge in [-0.2, -0.15) is 0 Å². The molecule has 96 valence electrons. The average molecular weight is 263 g/mol. The fraction of sp³-hybridized carbons (Fsp3) is 0.462. The molecule has 0 saturated carbocycles. The second-order valence-electron chi connectivity index (χ2n) is 4.78. The van der Waals surface area contributed by atoms with Gasteiger partial charge in [0, 0.05) is 36.6 Å². The smallest absolute Gasteiger partial charge is 0.242 e. The summed E-state index contributed by atoms with van der Waals surface area (Å²) in [5.74, 6) is 1.79. The molecule has 0 bridgehead atoms. The number of benzene rings is 1. The van der Waals surface area contributed by atoms with E-state index in [1.807, 2.05) is 6.07 Å². The third-order valence-corrected chi connectivity index (χ3v) is 4.45. The first-order chi connectivity index (χ1) is 8.74. The Morgan fingerprint density at radius 2 is 2.44 bits per heavy atom. The van der Waals surface area contributed by atoms with Gasteiger partial charge in [-0.1, -0.05) is 6.07 Å².